The van der Waals surface area contributed by atoms with Gasteiger partial charge in [0.25, 0.3) is 5.96 Å². The van der Waals surface area contributed by atoms with E-state index in [9.17, 15) is 4.79 Å². The zero-order valence-electron chi connectivity index (χ0n) is 5.72. The lowest BCUT2D eigenvalue weighted by atomic mass is 10.9. The quantitative estimate of drug-likeness (QED) is 0.116. The lowest BCUT2D eigenvalue weighted by molar-refractivity contribution is -0.561. The van der Waals surface area contributed by atoms with E-state index in [1.54, 1.807) is 0 Å². The van der Waals surface area contributed by atoms with Gasteiger partial charge in [0.05, 0.1) is 0 Å². The Morgan fingerprint density at radius 2 is 1.73 bits per heavy atom. The van der Waals surface area contributed by atoms with Crippen LogP contribution in [0.5, 0.6) is 0 Å². The predicted molar refractivity (Wildman–Crippen MR) is 37.2 cm³/mol. The third-order valence-corrected chi connectivity index (χ3v) is 0.599. The standard InChI is InChI=1S/C3H9N7O/c4-1(5)8-2(6)9-10-3(7)11/h(H3,7,10,11)(H6,4,5,6,8,9)/p+2. The fourth-order valence-electron chi connectivity index (χ4n) is 0.316. The summed E-state index contributed by atoms with van der Waals surface area (Å²) in [5, 5.41) is 2.19. The molecule has 0 saturated carbocycles. The molecule has 0 aliphatic carbocycles. The minimum Gasteiger partial charge on any atom is -0.348 e. The Balaban J connectivity index is 4.02. The Bertz CT molecular complexity index is 202. The molecule has 0 spiro atoms. The van der Waals surface area contributed by atoms with Crippen LogP contribution in [0.25, 0.3) is 0 Å². The van der Waals surface area contributed by atoms with Crippen molar-refractivity contribution in [3.63, 3.8) is 0 Å². The first-order valence-corrected chi connectivity index (χ1v) is 2.61. The lowest BCUT2D eigenvalue weighted by Gasteiger charge is -1.84. The molecule has 11 N–H and O–H groups in total. The zero-order valence-corrected chi connectivity index (χ0v) is 5.72. The predicted octanol–water partition coefficient (Wildman–Crippen LogP) is -6.68. The number of amides is 2. The van der Waals surface area contributed by atoms with E-state index in [-0.39, 0.29) is 11.9 Å². The van der Waals surface area contributed by atoms with Crippen molar-refractivity contribution in [2.75, 3.05) is 0 Å². The van der Waals surface area contributed by atoms with Gasteiger partial charge in [0.15, 0.2) is 0 Å². The van der Waals surface area contributed by atoms with Crippen molar-refractivity contribution in [3.8, 4) is 0 Å². The molecule has 8 nitrogen and oxygen atoms in total. The summed E-state index contributed by atoms with van der Waals surface area (Å²) in [4.78, 5) is 12.4. The number of nitrogens with two attached hydrogens (primary N) is 4. The van der Waals surface area contributed by atoms with Gasteiger partial charge < -0.3 is 17.2 Å². The number of urea groups is 1. The van der Waals surface area contributed by atoms with Crippen molar-refractivity contribution >= 4 is 18.0 Å². The number of hydrogen-bond acceptors (Lipinski definition) is 1. The molecule has 0 heterocycles. The molecule has 0 rings (SSSR count). The fourth-order valence-corrected chi connectivity index (χ4v) is 0.316. The van der Waals surface area contributed by atoms with Crippen molar-refractivity contribution < 1.29 is 14.9 Å². The number of guanidine groups is 2. The highest BCUT2D eigenvalue weighted by Crippen LogP contribution is 1.34. The van der Waals surface area contributed by atoms with Crippen molar-refractivity contribution in [1.82, 2.24) is 5.43 Å². The van der Waals surface area contributed by atoms with Crippen LogP contribution in [-0.2, 0) is 0 Å². The molecule has 0 bridgehead atoms. The molecule has 0 aliphatic rings. The van der Waals surface area contributed by atoms with E-state index in [0.29, 0.717) is 0 Å². The summed E-state index contributed by atoms with van der Waals surface area (Å²) in [6, 6.07) is -0.773. The van der Waals surface area contributed by atoms with Crippen LogP contribution in [0.1, 0.15) is 0 Å². The summed E-state index contributed by atoms with van der Waals surface area (Å²) in [7, 11) is 0. The summed E-state index contributed by atoms with van der Waals surface area (Å²) in [6.07, 6.45) is 0. The van der Waals surface area contributed by atoms with Gasteiger partial charge in [-0.1, -0.05) is 5.10 Å². The monoisotopic (exact) mass is 161 g/mol. The second-order valence-corrected chi connectivity index (χ2v) is 1.61. The molecular weight excluding hydrogens is 150 g/mol. The number of rotatable bonds is 1. The molecule has 0 unspecified atom stereocenters. The molecule has 0 aromatic carbocycles. The van der Waals surface area contributed by atoms with Crippen LogP contribution in [0, 0.1) is 0 Å². The van der Waals surface area contributed by atoms with Crippen LogP contribution in [0.3, 0.4) is 0 Å². The SMILES string of the molecule is NC(=O)N[NH+]=C(N)[NH+]=C(N)N. The highest BCUT2D eigenvalue weighted by molar-refractivity contribution is 5.76. The van der Waals surface area contributed by atoms with Gasteiger partial charge in [-0.3, -0.25) is 0 Å². The second kappa shape index (κ2) is 3.93. The van der Waals surface area contributed by atoms with Gasteiger partial charge in [-0.25, -0.2) is 10.5 Å². The van der Waals surface area contributed by atoms with Crippen molar-refractivity contribution in [2.45, 2.75) is 0 Å². The van der Waals surface area contributed by atoms with E-state index in [1.165, 1.54) is 0 Å². The van der Waals surface area contributed by atoms with Crippen molar-refractivity contribution in [2.24, 2.45) is 22.9 Å². The molecule has 0 saturated heterocycles. The van der Waals surface area contributed by atoms with E-state index in [1.807, 2.05) is 5.43 Å². The fraction of sp³-hybridized carbons (Fsp3) is 0. The van der Waals surface area contributed by atoms with Crippen LogP contribution in [0.15, 0.2) is 0 Å². The Kier molecular flexibility index (Phi) is 3.22. The average molecular weight is 161 g/mol. The summed E-state index contributed by atoms with van der Waals surface area (Å²) < 4.78 is 0. The van der Waals surface area contributed by atoms with Crippen LogP contribution >= 0.6 is 0 Å². The van der Waals surface area contributed by atoms with E-state index >= 15 is 0 Å². The summed E-state index contributed by atoms with van der Waals surface area (Å²) in [5.41, 5.74) is 21.8. The smallest absolute Gasteiger partial charge is 0.348 e. The third kappa shape index (κ3) is 5.89. The third-order valence-electron chi connectivity index (χ3n) is 0.599. The Morgan fingerprint density at radius 3 is 2.09 bits per heavy atom. The first-order chi connectivity index (χ1) is 5.02. The van der Waals surface area contributed by atoms with Gasteiger partial charge in [0.1, 0.15) is 0 Å². The maximum absolute atomic E-state index is 10.1. The highest BCUT2D eigenvalue weighted by Gasteiger charge is 2.02. The maximum Gasteiger partial charge on any atom is 0.542 e. The van der Waals surface area contributed by atoms with Gasteiger partial charge in [0.2, 0.25) is 0 Å². The molecule has 0 atom stereocenters. The lowest BCUT2D eigenvalue weighted by Crippen LogP contribution is -3.02. The van der Waals surface area contributed by atoms with Gasteiger partial charge >= 0.3 is 12.0 Å². The van der Waals surface area contributed by atoms with E-state index < -0.39 is 6.03 Å². The van der Waals surface area contributed by atoms with Gasteiger partial charge in [-0.2, -0.15) is 5.43 Å². The highest BCUT2D eigenvalue weighted by atomic mass is 16.2. The second-order valence-electron chi connectivity index (χ2n) is 1.61. The largest absolute Gasteiger partial charge is 0.542 e. The van der Waals surface area contributed by atoms with E-state index in [2.05, 4.69) is 10.1 Å². The number of carbonyl (C=O) groups excluding carboxylic acids is 1. The molecule has 2 amide bonds. The number of hydrogen-bond donors (Lipinski definition) is 7. The van der Waals surface area contributed by atoms with Crippen molar-refractivity contribution in [1.29, 1.82) is 0 Å². The van der Waals surface area contributed by atoms with Gasteiger partial charge in [0, 0.05) is 0 Å². The number of hydrazine groups is 1. The van der Waals surface area contributed by atoms with Crippen LogP contribution in [0.4, 0.5) is 4.79 Å². The first kappa shape index (κ1) is 9.01. The zero-order chi connectivity index (χ0) is 8.85. The molecule has 0 fully saturated rings. The number of hydrazone groups is 1. The van der Waals surface area contributed by atoms with Gasteiger partial charge in [-0.15, -0.1) is 4.99 Å². The minimum atomic E-state index is -0.773. The summed E-state index contributed by atoms with van der Waals surface area (Å²) in [6.45, 7) is 0. The molecule has 0 aromatic heterocycles. The molecule has 0 aromatic rings. The molecule has 0 radical (unpaired) electrons. The molecular formula is C3H11N7O+2. The van der Waals surface area contributed by atoms with E-state index in [0.717, 1.165) is 0 Å². The Morgan fingerprint density at radius 1 is 1.18 bits per heavy atom. The van der Waals surface area contributed by atoms with Gasteiger partial charge in [-0.05, 0) is 0 Å². The minimum absolute atomic E-state index is 0.0243. The van der Waals surface area contributed by atoms with Crippen LogP contribution in [-0.4, -0.2) is 18.0 Å². The van der Waals surface area contributed by atoms with Crippen LogP contribution < -0.4 is 38.5 Å². The molecule has 8 heteroatoms. The van der Waals surface area contributed by atoms with Crippen molar-refractivity contribution in [3.05, 3.63) is 0 Å². The number of nitrogens with one attached hydrogen (secondary N) is 3. The normalized spacial score (nSPS) is 10.4. The Hall–Kier alpha value is -1.99. The summed E-state index contributed by atoms with van der Waals surface area (Å²) in [5.74, 6) is -0.120. The topological polar surface area (TPSA) is 161 Å². The summed E-state index contributed by atoms with van der Waals surface area (Å²) >= 11 is 0. The molecule has 11 heavy (non-hydrogen) atoms. The molecule has 62 valence electrons. The Labute approximate surface area is 62.3 Å². The number of primary amides is 1. The van der Waals surface area contributed by atoms with E-state index in [4.69, 9.17) is 22.9 Å². The first-order valence-electron chi connectivity index (χ1n) is 2.61. The molecule has 0 aliphatic heterocycles. The maximum atomic E-state index is 10.1. The average Bonchev–Trinajstić information content (AvgIpc) is 1.82. The number of carbonyl (C=O) groups is 1. The van der Waals surface area contributed by atoms with Crippen LogP contribution in [0.2, 0.25) is 0 Å².